The number of hydrogen-bond donors (Lipinski definition) is 1. The summed E-state index contributed by atoms with van der Waals surface area (Å²) in [4.78, 5) is 13.0. The first-order chi connectivity index (χ1) is 14.4. The van der Waals surface area contributed by atoms with Crippen molar-refractivity contribution in [1.29, 1.82) is 0 Å². The predicted molar refractivity (Wildman–Crippen MR) is 115 cm³/mol. The van der Waals surface area contributed by atoms with Crippen molar-refractivity contribution in [3.05, 3.63) is 90.0 Å². The number of anilines is 1. The Morgan fingerprint density at radius 3 is 2.40 bits per heavy atom. The van der Waals surface area contributed by atoms with Crippen molar-refractivity contribution < 1.29 is 17.9 Å². The SMILES string of the molecule is Cc1ccc(CNC(=O)C2CN(S(=O)(=O)c3ccccc3)c3ccccc3O2)cc1. The fourth-order valence-corrected chi connectivity index (χ4v) is 4.79. The maximum Gasteiger partial charge on any atom is 0.264 e. The number of benzene rings is 3. The lowest BCUT2D eigenvalue weighted by atomic mass is 10.1. The highest BCUT2D eigenvalue weighted by molar-refractivity contribution is 7.92. The van der Waals surface area contributed by atoms with E-state index in [-0.39, 0.29) is 17.3 Å². The fourth-order valence-electron chi connectivity index (χ4n) is 3.30. The molecule has 1 atom stereocenters. The molecular weight excluding hydrogens is 400 g/mol. The number of sulfonamides is 1. The van der Waals surface area contributed by atoms with Gasteiger partial charge in [0.15, 0.2) is 6.10 Å². The van der Waals surface area contributed by atoms with Crippen molar-refractivity contribution in [2.24, 2.45) is 0 Å². The Morgan fingerprint density at radius 1 is 1.00 bits per heavy atom. The van der Waals surface area contributed by atoms with Gasteiger partial charge in [0.25, 0.3) is 15.9 Å². The van der Waals surface area contributed by atoms with Gasteiger partial charge in [-0.2, -0.15) is 0 Å². The monoisotopic (exact) mass is 422 g/mol. The van der Waals surface area contributed by atoms with Gasteiger partial charge in [-0.25, -0.2) is 8.42 Å². The minimum Gasteiger partial charge on any atom is -0.476 e. The van der Waals surface area contributed by atoms with Crippen LogP contribution in [0.4, 0.5) is 5.69 Å². The second-order valence-corrected chi connectivity index (χ2v) is 8.99. The zero-order valence-electron chi connectivity index (χ0n) is 16.5. The van der Waals surface area contributed by atoms with Crippen molar-refractivity contribution in [1.82, 2.24) is 5.32 Å². The molecule has 1 unspecified atom stereocenters. The van der Waals surface area contributed by atoms with Crippen LogP contribution in [0, 0.1) is 6.92 Å². The molecular formula is C23H22N2O4S. The minimum atomic E-state index is -3.84. The number of ether oxygens (including phenoxy) is 1. The van der Waals surface area contributed by atoms with Crippen LogP contribution in [-0.4, -0.2) is 27.0 Å². The van der Waals surface area contributed by atoms with Gasteiger partial charge in [0, 0.05) is 6.54 Å². The van der Waals surface area contributed by atoms with Crippen molar-refractivity contribution in [3.63, 3.8) is 0 Å². The molecule has 1 N–H and O–H groups in total. The Hall–Kier alpha value is -3.32. The van der Waals surface area contributed by atoms with Gasteiger partial charge in [-0.1, -0.05) is 60.2 Å². The molecule has 3 aromatic rings. The molecule has 1 heterocycles. The number of fused-ring (bicyclic) bond motifs is 1. The van der Waals surface area contributed by atoms with Gasteiger partial charge in [-0.3, -0.25) is 9.10 Å². The predicted octanol–water partition coefficient (Wildman–Crippen LogP) is 3.27. The summed E-state index contributed by atoms with van der Waals surface area (Å²) in [6, 6.07) is 22.9. The summed E-state index contributed by atoms with van der Waals surface area (Å²) in [5.74, 6) is -0.00270. The van der Waals surface area contributed by atoms with E-state index >= 15 is 0 Å². The van der Waals surface area contributed by atoms with Gasteiger partial charge in [0.1, 0.15) is 5.75 Å². The number of carbonyl (C=O) groups is 1. The molecule has 0 aromatic heterocycles. The number of para-hydroxylation sites is 2. The van der Waals surface area contributed by atoms with Gasteiger partial charge < -0.3 is 10.1 Å². The Bertz CT molecular complexity index is 1150. The molecule has 1 amide bonds. The number of amides is 1. The summed E-state index contributed by atoms with van der Waals surface area (Å²) in [5, 5.41) is 2.85. The molecule has 0 saturated carbocycles. The third-order valence-corrected chi connectivity index (χ3v) is 6.74. The molecule has 4 rings (SSSR count). The van der Waals surface area contributed by atoms with E-state index in [9.17, 15) is 13.2 Å². The van der Waals surface area contributed by atoms with E-state index in [0.29, 0.717) is 18.0 Å². The highest BCUT2D eigenvalue weighted by atomic mass is 32.2. The largest absolute Gasteiger partial charge is 0.476 e. The van der Waals surface area contributed by atoms with Crippen molar-refractivity contribution in [3.8, 4) is 5.75 Å². The highest BCUT2D eigenvalue weighted by Gasteiger charge is 2.37. The molecule has 6 nitrogen and oxygen atoms in total. The van der Waals surface area contributed by atoms with E-state index in [4.69, 9.17) is 4.74 Å². The second-order valence-electron chi connectivity index (χ2n) is 7.13. The molecule has 154 valence electrons. The average Bonchev–Trinajstić information content (AvgIpc) is 2.78. The van der Waals surface area contributed by atoms with Crippen LogP contribution in [0.5, 0.6) is 5.75 Å². The molecule has 0 bridgehead atoms. The number of nitrogens with one attached hydrogen (secondary N) is 1. The Labute approximate surface area is 176 Å². The van der Waals surface area contributed by atoms with Crippen LogP contribution in [0.1, 0.15) is 11.1 Å². The number of aryl methyl sites for hydroxylation is 1. The Balaban J connectivity index is 1.58. The third kappa shape index (κ3) is 4.02. The Morgan fingerprint density at radius 2 is 1.67 bits per heavy atom. The maximum absolute atomic E-state index is 13.3. The molecule has 30 heavy (non-hydrogen) atoms. The first-order valence-electron chi connectivity index (χ1n) is 9.62. The van der Waals surface area contributed by atoms with Crippen LogP contribution in [0.25, 0.3) is 0 Å². The minimum absolute atomic E-state index is 0.103. The first kappa shape index (κ1) is 20.0. The lowest BCUT2D eigenvalue weighted by Gasteiger charge is -2.34. The molecule has 0 saturated heterocycles. The molecule has 0 aliphatic carbocycles. The average molecular weight is 423 g/mol. The summed E-state index contributed by atoms with van der Waals surface area (Å²) in [7, 11) is -3.84. The molecule has 1 aliphatic rings. The number of rotatable bonds is 5. The number of carbonyl (C=O) groups excluding carboxylic acids is 1. The van der Waals surface area contributed by atoms with Gasteiger partial charge in [0.05, 0.1) is 17.1 Å². The lowest BCUT2D eigenvalue weighted by molar-refractivity contribution is -0.127. The third-order valence-electron chi connectivity index (χ3n) is 4.95. The van der Waals surface area contributed by atoms with Crippen LogP contribution >= 0.6 is 0 Å². The molecule has 7 heteroatoms. The zero-order valence-corrected chi connectivity index (χ0v) is 17.3. The second kappa shape index (κ2) is 8.20. The van der Waals surface area contributed by atoms with Gasteiger partial charge in [0.2, 0.25) is 0 Å². The quantitative estimate of drug-likeness (QED) is 0.685. The van der Waals surface area contributed by atoms with Crippen molar-refractivity contribution >= 4 is 21.6 Å². The van der Waals surface area contributed by atoms with Gasteiger partial charge >= 0.3 is 0 Å². The smallest absolute Gasteiger partial charge is 0.264 e. The standard InChI is InChI=1S/C23H22N2O4S/c1-17-11-13-18(14-12-17)15-24-23(26)22-16-25(20-9-5-6-10-21(20)29-22)30(27,28)19-7-3-2-4-8-19/h2-14,22H,15-16H2,1H3,(H,24,26). The van der Waals surface area contributed by atoms with Gasteiger partial charge in [-0.15, -0.1) is 0 Å². The van der Waals surface area contributed by atoms with E-state index in [2.05, 4.69) is 5.32 Å². The topological polar surface area (TPSA) is 75.7 Å². The summed E-state index contributed by atoms with van der Waals surface area (Å²) >= 11 is 0. The van der Waals surface area contributed by atoms with E-state index in [1.165, 1.54) is 4.31 Å². The summed E-state index contributed by atoms with van der Waals surface area (Å²) in [6.45, 7) is 2.23. The van der Waals surface area contributed by atoms with E-state index in [1.807, 2.05) is 31.2 Å². The van der Waals surface area contributed by atoms with Crippen LogP contribution in [0.3, 0.4) is 0 Å². The number of nitrogens with zero attached hydrogens (tertiary/aromatic N) is 1. The first-order valence-corrected chi connectivity index (χ1v) is 11.1. The maximum atomic E-state index is 13.3. The van der Waals surface area contributed by atoms with Gasteiger partial charge in [-0.05, 0) is 36.8 Å². The van der Waals surface area contributed by atoms with E-state index in [1.54, 1.807) is 54.6 Å². The van der Waals surface area contributed by atoms with Crippen LogP contribution in [0.2, 0.25) is 0 Å². The van der Waals surface area contributed by atoms with Crippen LogP contribution < -0.4 is 14.4 Å². The lowest BCUT2D eigenvalue weighted by Crippen LogP contribution is -2.50. The van der Waals surface area contributed by atoms with Crippen molar-refractivity contribution in [2.75, 3.05) is 10.8 Å². The molecule has 0 spiro atoms. The summed E-state index contributed by atoms with van der Waals surface area (Å²) < 4.78 is 33.6. The number of hydrogen-bond acceptors (Lipinski definition) is 4. The van der Waals surface area contributed by atoms with E-state index < -0.39 is 16.1 Å². The highest BCUT2D eigenvalue weighted by Crippen LogP contribution is 2.36. The molecule has 0 fully saturated rings. The van der Waals surface area contributed by atoms with Crippen LogP contribution in [0.15, 0.2) is 83.8 Å². The molecule has 0 radical (unpaired) electrons. The fraction of sp³-hybridized carbons (Fsp3) is 0.174. The van der Waals surface area contributed by atoms with Crippen LogP contribution in [-0.2, 0) is 21.4 Å². The normalized spacial score (nSPS) is 15.8. The molecule has 3 aromatic carbocycles. The van der Waals surface area contributed by atoms with Crippen molar-refractivity contribution in [2.45, 2.75) is 24.5 Å². The summed E-state index contributed by atoms with van der Waals surface area (Å²) in [6.07, 6.45) is -0.955. The van der Waals surface area contributed by atoms with E-state index in [0.717, 1.165) is 11.1 Å². The Kier molecular flexibility index (Phi) is 5.46. The zero-order chi connectivity index (χ0) is 21.1. The summed E-state index contributed by atoms with van der Waals surface area (Å²) in [5.41, 5.74) is 2.52. The molecule has 1 aliphatic heterocycles.